The number of aromatic nitrogens is 1. The third-order valence-corrected chi connectivity index (χ3v) is 5.80. The number of primary sulfonamides is 1. The summed E-state index contributed by atoms with van der Waals surface area (Å²) in [5.41, 5.74) is -0.826. The fourth-order valence-electron chi connectivity index (χ4n) is 2.72. The summed E-state index contributed by atoms with van der Waals surface area (Å²) in [5, 5.41) is 8.19. The molecule has 0 radical (unpaired) electrons. The molecule has 0 aliphatic carbocycles. The topological polar surface area (TPSA) is 86.2 Å². The van der Waals surface area contributed by atoms with Gasteiger partial charge in [-0.15, -0.1) is 0 Å². The van der Waals surface area contributed by atoms with Gasteiger partial charge in [0.05, 0.1) is 5.56 Å². The lowest BCUT2D eigenvalue weighted by atomic mass is 9.98. The molecule has 0 atom stereocenters. The molecule has 0 saturated carbocycles. The van der Waals surface area contributed by atoms with Gasteiger partial charge in [-0.1, -0.05) is 27.2 Å². The second kappa shape index (κ2) is 7.18. The Labute approximate surface area is 169 Å². The monoisotopic (exact) mass is 496 g/mol. The van der Waals surface area contributed by atoms with Crippen molar-refractivity contribution in [2.24, 2.45) is 5.14 Å². The zero-order valence-electron chi connectivity index (χ0n) is 14.3. The molecule has 0 spiro atoms. The second-order valence-corrected chi connectivity index (χ2v) is 8.36. The van der Waals surface area contributed by atoms with Crippen molar-refractivity contribution in [3.05, 3.63) is 57.8 Å². The van der Waals surface area contributed by atoms with Crippen LogP contribution in [0.25, 0.3) is 22.4 Å². The molecule has 2 N–H and O–H groups in total. The van der Waals surface area contributed by atoms with E-state index in [1.54, 1.807) is 13.0 Å². The van der Waals surface area contributed by atoms with Gasteiger partial charge in [0.15, 0.2) is 4.90 Å². The highest BCUT2D eigenvalue weighted by molar-refractivity contribution is 9.10. The molecule has 0 aliphatic rings. The van der Waals surface area contributed by atoms with Crippen molar-refractivity contribution in [2.45, 2.75) is 18.0 Å². The lowest BCUT2D eigenvalue weighted by Crippen LogP contribution is -2.16. The number of halogens is 6. The Morgan fingerprint density at radius 3 is 2.14 bits per heavy atom. The molecule has 1 aromatic heterocycles. The Hall–Kier alpha value is -2.31. The number of hydrogen-bond acceptors (Lipinski definition) is 4. The fraction of sp³-hybridized carbons (Fsp3) is 0.118. The van der Waals surface area contributed by atoms with Crippen LogP contribution in [-0.4, -0.2) is 13.6 Å². The van der Waals surface area contributed by atoms with E-state index in [9.17, 15) is 30.4 Å². The number of benzene rings is 2. The third kappa shape index (κ3) is 4.05. The van der Waals surface area contributed by atoms with E-state index < -0.39 is 49.6 Å². The SMILES string of the molecule is Cc1cc(-c2noc(C(F)(F)F)c2-c2cc(F)c(S(N)(=O)=O)c(F)c2)ccc1Br. The summed E-state index contributed by atoms with van der Waals surface area (Å²) < 4.78 is 96.6. The van der Waals surface area contributed by atoms with Crippen LogP contribution in [0.4, 0.5) is 22.0 Å². The van der Waals surface area contributed by atoms with Crippen LogP contribution in [0.3, 0.4) is 0 Å². The van der Waals surface area contributed by atoms with Crippen molar-refractivity contribution < 1.29 is 34.9 Å². The minimum atomic E-state index is -5.03. The zero-order chi connectivity index (χ0) is 21.7. The molecule has 29 heavy (non-hydrogen) atoms. The van der Waals surface area contributed by atoms with Crippen molar-refractivity contribution >= 4 is 26.0 Å². The molecule has 0 aliphatic heterocycles. The summed E-state index contributed by atoms with van der Waals surface area (Å²) in [6, 6.07) is 5.35. The number of sulfonamides is 1. The van der Waals surface area contributed by atoms with Gasteiger partial charge < -0.3 is 4.52 Å². The summed E-state index contributed by atoms with van der Waals surface area (Å²) in [6.07, 6.45) is -5.03. The summed E-state index contributed by atoms with van der Waals surface area (Å²) in [4.78, 5) is -1.45. The quantitative estimate of drug-likeness (QED) is 0.515. The average molecular weight is 497 g/mol. The van der Waals surface area contributed by atoms with Gasteiger partial charge in [0.25, 0.3) is 0 Å². The van der Waals surface area contributed by atoms with E-state index in [2.05, 4.69) is 25.6 Å². The number of nitrogens with zero attached hydrogens (tertiary/aromatic N) is 1. The van der Waals surface area contributed by atoms with Crippen molar-refractivity contribution in [1.82, 2.24) is 5.16 Å². The summed E-state index contributed by atoms with van der Waals surface area (Å²) >= 11 is 3.26. The molecule has 2 aromatic carbocycles. The first-order chi connectivity index (χ1) is 13.3. The maximum Gasteiger partial charge on any atom is 0.453 e. The molecule has 0 bridgehead atoms. The van der Waals surface area contributed by atoms with E-state index in [1.807, 2.05) is 0 Å². The lowest BCUT2D eigenvalue weighted by molar-refractivity contribution is -0.154. The van der Waals surface area contributed by atoms with Gasteiger partial charge in [0.1, 0.15) is 17.3 Å². The Kier molecular flexibility index (Phi) is 5.30. The van der Waals surface area contributed by atoms with Crippen molar-refractivity contribution in [2.75, 3.05) is 0 Å². The smallest absolute Gasteiger partial charge is 0.350 e. The maximum atomic E-state index is 14.2. The summed E-state index contributed by atoms with van der Waals surface area (Å²) in [5.74, 6) is -4.88. The molecule has 0 saturated heterocycles. The first-order valence-electron chi connectivity index (χ1n) is 7.66. The van der Waals surface area contributed by atoms with Crippen LogP contribution in [0.1, 0.15) is 11.3 Å². The van der Waals surface area contributed by atoms with Crippen LogP contribution >= 0.6 is 15.9 Å². The fourth-order valence-corrected chi connectivity index (χ4v) is 3.62. The maximum absolute atomic E-state index is 14.2. The van der Waals surface area contributed by atoms with E-state index in [4.69, 9.17) is 5.14 Å². The minimum absolute atomic E-state index is 0.191. The summed E-state index contributed by atoms with van der Waals surface area (Å²) in [6.45, 7) is 1.68. The van der Waals surface area contributed by atoms with Gasteiger partial charge >= 0.3 is 6.18 Å². The average Bonchev–Trinajstić information content (AvgIpc) is 3.00. The Balaban J connectivity index is 2.34. The minimum Gasteiger partial charge on any atom is -0.350 e. The largest absolute Gasteiger partial charge is 0.453 e. The number of aryl methyl sites for hydroxylation is 1. The molecule has 154 valence electrons. The van der Waals surface area contributed by atoms with E-state index in [-0.39, 0.29) is 11.3 Å². The molecule has 0 fully saturated rings. The van der Waals surface area contributed by atoms with Gasteiger partial charge in [0, 0.05) is 10.0 Å². The van der Waals surface area contributed by atoms with Crippen LogP contribution in [-0.2, 0) is 16.2 Å². The molecule has 0 unspecified atom stereocenters. The van der Waals surface area contributed by atoms with Gasteiger partial charge in [0.2, 0.25) is 15.8 Å². The molecule has 3 aromatic rings. The first-order valence-corrected chi connectivity index (χ1v) is 10.00. The number of rotatable bonds is 3. The van der Waals surface area contributed by atoms with Crippen LogP contribution in [0.2, 0.25) is 0 Å². The Morgan fingerprint density at radius 2 is 1.66 bits per heavy atom. The highest BCUT2D eigenvalue weighted by Crippen LogP contribution is 2.43. The zero-order valence-corrected chi connectivity index (χ0v) is 16.7. The first kappa shape index (κ1) is 21.4. The number of nitrogens with two attached hydrogens (primary N) is 1. The third-order valence-electron chi connectivity index (χ3n) is 3.95. The highest BCUT2D eigenvalue weighted by atomic mass is 79.9. The van der Waals surface area contributed by atoms with Crippen LogP contribution < -0.4 is 5.14 Å². The normalized spacial score (nSPS) is 12.4. The predicted octanol–water partition coefficient (Wildman–Crippen LogP) is 5.02. The Bertz CT molecular complexity index is 1200. The molecular weight excluding hydrogens is 487 g/mol. The van der Waals surface area contributed by atoms with Crippen molar-refractivity contribution in [3.8, 4) is 22.4 Å². The molecular formula is C17H10BrF5N2O3S. The van der Waals surface area contributed by atoms with Crippen LogP contribution in [0.5, 0.6) is 0 Å². The van der Waals surface area contributed by atoms with Crippen LogP contribution in [0.15, 0.2) is 44.2 Å². The molecule has 12 heteroatoms. The van der Waals surface area contributed by atoms with Gasteiger partial charge in [-0.2, -0.15) is 13.2 Å². The van der Waals surface area contributed by atoms with E-state index in [1.165, 1.54) is 12.1 Å². The summed E-state index contributed by atoms with van der Waals surface area (Å²) in [7, 11) is -4.78. The highest BCUT2D eigenvalue weighted by Gasteiger charge is 2.41. The van der Waals surface area contributed by atoms with Crippen molar-refractivity contribution in [1.29, 1.82) is 0 Å². The molecule has 5 nitrogen and oxygen atoms in total. The predicted molar refractivity (Wildman–Crippen MR) is 96.1 cm³/mol. The second-order valence-electron chi connectivity index (χ2n) is 6.01. The molecule has 3 rings (SSSR count). The lowest BCUT2D eigenvalue weighted by Gasteiger charge is -2.10. The van der Waals surface area contributed by atoms with E-state index >= 15 is 0 Å². The van der Waals surface area contributed by atoms with E-state index in [0.29, 0.717) is 22.2 Å². The van der Waals surface area contributed by atoms with Gasteiger partial charge in [-0.05, 0) is 42.3 Å². The van der Waals surface area contributed by atoms with Gasteiger partial charge in [-0.3, -0.25) is 0 Å². The van der Waals surface area contributed by atoms with Crippen LogP contribution in [0, 0.1) is 18.6 Å². The van der Waals surface area contributed by atoms with Gasteiger partial charge in [-0.25, -0.2) is 22.3 Å². The standard InChI is InChI=1S/C17H10BrF5N2O3S/c1-7-4-8(2-3-10(7)18)14-13(16(28-25-14)17(21,22)23)9-5-11(19)15(12(20)6-9)29(24,26)27/h2-6H,1H3,(H2,24,26,27). The molecule has 1 heterocycles. The Morgan fingerprint density at radius 1 is 1.07 bits per heavy atom. The number of alkyl halides is 3. The van der Waals surface area contributed by atoms with Crippen molar-refractivity contribution in [3.63, 3.8) is 0 Å². The number of hydrogen-bond donors (Lipinski definition) is 1. The molecule has 0 amide bonds. The van der Waals surface area contributed by atoms with E-state index in [0.717, 1.165) is 0 Å².